The number of benzene rings is 4. The number of ether oxygens (including phenoxy) is 1. The Morgan fingerprint density at radius 2 is 1.64 bits per heavy atom. The van der Waals surface area contributed by atoms with Crippen LogP contribution < -0.4 is 9.54 Å². The summed E-state index contributed by atoms with van der Waals surface area (Å²) in [6.07, 6.45) is 0. The predicted octanol–water partition coefficient (Wildman–Crippen LogP) is 8.53. The smallest absolute Gasteiger partial charge is 0.399 e. The van der Waals surface area contributed by atoms with Crippen LogP contribution in [-0.4, -0.2) is 19.6 Å². The molecule has 4 aromatic carbocycles. The molecule has 0 atom stereocenters. The van der Waals surface area contributed by atoms with Gasteiger partial charge in [-0.15, -0.1) is 0 Å². The van der Waals surface area contributed by atoms with Gasteiger partial charge in [-0.3, -0.25) is 4.57 Å². The molecule has 2 N–H and O–H groups in total. The van der Waals surface area contributed by atoms with Crippen molar-refractivity contribution >= 4 is 47.8 Å². The maximum absolute atomic E-state index is 14.1. The van der Waals surface area contributed by atoms with Crippen molar-refractivity contribution in [2.45, 2.75) is 19.1 Å². The van der Waals surface area contributed by atoms with Crippen molar-refractivity contribution < 1.29 is 27.9 Å². The average molecular weight is 648 g/mol. The van der Waals surface area contributed by atoms with Crippen LogP contribution in [0.4, 0.5) is 14.5 Å². The lowest BCUT2D eigenvalue weighted by atomic mass is 10.1. The molecule has 0 amide bonds. The normalized spacial score (nSPS) is 12.5. The molecule has 0 unspecified atom stereocenters. The molecule has 0 radical (unpaired) electrons. The molecule has 0 aliphatic heterocycles. The standard InChI is InChI=1S/C29H22Cl2F2N3O4PS/c1-18-4-2-6-23(14-18)40-24-7-3-5-20(15-24)27-35-36(28(42-27)34-22-12-13-25(30)26(31)16-22)17-19-8-10-21(11-9-19)29(32,33)41(37,38)39/h2-16H,17H2,1H3,(H2,37,38,39). The maximum atomic E-state index is 14.1. The third-order valence-corrected chi connectivity index (χ3v) is 8.78. The second-order valence-corrected chi connectivity index (χ2v) is 12.7. The summed E-state index contributed by atoms with van der Waals surface area (Å²) in [5.74, 6) is 1.31. The molecule has 5 aromatic rings. The third kappa shape index (κ3) is 6.81. The summed E-state index contributed by atoms with van der Waals surface area (Å²) in [4.78, 5) is 23.3. The molecule has 42 heavy (non-hydrogen) atoms. The number of aryl methyl sites for hydroxylation is 1. The van der Waals surface area contributed by atoms with Crippen LogP contribution in [0.25, 0.3) is 10.6 Å². The molecule has 13 heteroatoms. The summed E-state index contributed by atoms with van der Waals surface area (Å²) in [6.45, 7) is 2.12. The Hall–Kier alpha value is -3.37. The van der Waals surface area contributed by atoms with Crippen molar-refractivity contribution in [2.24, 2.45) is 4.99 Å². The van der Waals surface area contributed by atoms with E-state index in [2.05, 4.69) is 0 Å². The molecule has 0 aliphatic carbocycles. The highest BCUT2D eigenvalue weighted by Gasteiger charge is 2.50. The number of hydrogen-bond donors (Lipinski definition) is 2. The second-order valence-electron chi connectivity index (χ2n) is 9.29. The van der Waals surface area contributed by atoms with Crippen molar-refractivity contribution in [3.63, 3.8) is 0 Å². The van der Waals surface area contributed by atoms with Gasteiger partial charge in [0.25, 0.3) is 0 Å². The first-order valence-electron chi connectivity index (χ1n) is 12.3. The highest BCUT2D eigenvalue weighted by Crippen LogP contribution is 2.59. The van der Waals surface area contributed by atoms with Crippen molar-refractivity contribution in [1.29, 1.82) is 0 Å². The summed E-state index contributed by atoms with van der Waals surface area (Å²) in [5.41, 5.74) is -2.16. The monoisotopic (exact) mass is 647 g/mol. The van der Waals surface area contributed by atoms with E-state index in [1.54, 1.807) is 22.9 Å². The van der Waals surface area contributed by atoms with E-state index < -0.39 is 18.8 Å². The number of halogens is 4. The summed E-state index contributed by atoms with van der Waals surface area (Å²) in [7, 11) is -5.68. The molecule has 0 bridgehead atoms. The van der Waals surface area contributed by atoms with E-state index in [-0.39, 0.29) is 6.54 Å². The van der Waals surface area contributed by atoms with Gasteiger partial charge in [-0.25, -0.2) is 9.67 Å². The largest absolute Gasteiger partial charge is 0.457 e. The van der Waals surface area contributed by atoms with E-state index in [4.69, 9.17) is 47.8 Å². The Balaban J connectivity index is 1.52. The van der Waals surface area contributed by atoms with Crippen molar-refractivity contribution in [2.75, 3.05) is 0 Å². The summed E-state index contributed by atoms with van der Waals surface area (Å²) >= 11 is 13.5. The van der Waals surface area contributed by atoms with Crippen LogP contribution in [0.15, 0.2) is 96.0 Å². The highest BCUT2D eigenvalue weighted by molar-refractivity contribution is 7.52. The van der Waals surface area contributed by atoms with E-state index in [0.717, 1.165) is 23.3 Å². The van der Waals surface area contributed by atoms with Crippen molar-refractivity contribution in [3.05, 3.63) is 123 Å². The van der Waals surface area contributed by atoms with Crippen LogP contribution in [0.1, 0.15) is 16.7 Å². The molecule has 0 spiro atoms. The number of hydrogen-bond acceptors (Lipinski definition) is 5. The van der Waals surface area contributed by atoms with E-state index in [0.29, 0.717) is 42.6 Å². The topological polar surface area (TPSA) is 96.9 Å². The molecule has 1 heterocycles. The fourth-order valence-electron chi connectivity index (χ4n) is 3.94. The second kappa shape index (κ2) is 12.1. The van der Waals surface area contributed by atoms with Gasteiger partial charge < -0.3 is 14.5 Å². The molecule has 5 rings (SSSR count). The Morgan fingerprint density at radius 1 is 0.952 bits per heavy atom. The van der Waals surface area contributed by atoms with Gasteiger partial charge in [-0.2, -0.15) is 13.9 Å². The first-order valence-corrected chi connectivity index (χ1v) is 15.5. The summed E-state index contributed by atoms with van der Waals surface area (Å²) in [6, 6.07) is 24.8. The average Bonchev–Trinajstić information content (AvgIpc) is 3.32. The molecule has 0 saturated carbocycles. The Labute approximate surface area is 253 Å². The Bertz CT molecular complexity index is 1870. The number of alkyl halides is 2. The number of aromatic nitrogens is 2. The summed E-state index contributed by atoms with van der Waals surface area (Å²) < 4.78 is 47.2. The van der Waals surface area contributed by atoms with Crippen LogP contribution in [0, 0.1) is 6.92 Å². The fourth-order valence-corrected chi connectivity index (χ4v) is 5.63. The zero-order valence-electron chi connectivity index (χ0n) is 21.8. The molecule has 7 nitrogen and oxygen atoms in total. The number of rotatable bonds is 8. The first-order chi connectivity index (χ1) is 19.9. The van der Waals surface area contributed by atoms with Crippen LogP contribution in [0.3, 0.4) is 0 Å². The van der Waals surface area contributed by atoms with E-state index in [9.17, 15) is 13.3 Å². The van der Waals surface area contributed by atoms with E-state index in [1.165, 1.54) is 23.5 Å². The van der Waals surface area contributed by atoms with Gasteiger partial charge in [0.1, 0.15) is 16.5 Å². The Kier molecular flexibility index (Phi) is 8.66. The van der Waals surface area contributed by atoms with Crippen LogP contribution in [0.5, 0.6) is 11.5 Å². The molecule has 0 aliphatic rings. The minimum Gasteiger partial charge on any atom is -0.457 e. The Morgan fingerprint density at radius 3 is 2.31 bits per heavy atom. The van der Waals surface area contributed by atoms with Gasteiger partial charge in [0, 0.05) is 11.1 Å². The van der Waals surface area contributed by atoms with Gasteiger partial charge >= 0.3 is 13.3 Å². The first kappa shape index (κ1) is 30.1. The van der Waals surface area contributed by atoms with Crippen LogP contribution >= 0.6 is 42.1 Å². The lowest BCUT2D eigenvalue weighted by Crippen LogP contribution is -2.17. The van der Waals surface area contributed by atoms with E-state index >= 15 is 0 Å². The van der Waals surface area contributed by atoms with Gasteiger partial charge in [0.05, 0.1) is 22.3 Å². The zero-order chi connectivity index (χ0) is 30.1. The van der Waals surface area contributed by atoms with Gasteiger partial charge in [-0.1, -0.05) is 83.1 Å². The van der Waals surface area contributed by atoms with E-state index in [1.807, 2.05) is 55.5 Å². The highest BCUT2D eigenvalue weighted by atomic mass is 35.5. The van der Waals surface area contributed by atoms with Gasteiger partial charge in [-0.05, 0) is 60.5 Å². The molecular weight excluding hydrogens is 626 g/mol. The lowest BCUT2D eigenvalue weighted by Gasteiger charge is -2.18. The quantitative estimate of drug-likeness (QED) is 0.165. The van der Waals surface area contributed by atoms with Gasteiger partial charge in [0.15, 0.2) is 0 Å². The molecule has 0 fully saturated rings. The maximum Gasteiger partial charge on any atom is 0.399 e. The van der Waals surface area contributed by atoms with Crippen LogP contribution in [0.2, 0.25) is 10.0 Å². The summed E-state index contributed by atoms with van der Waals surface area (Å²) in [5, 5.41) is 6.07. The molecule has 0 saturated heterocycles. The fraction of sp³-hybridized carbons (Fsp3) is 0.103. The predicted molar refractivity (Wildman–Crippen MR) is 160 cm³/mol. The van der Waals surface area contributed by atoms with Crippen molar-refractivity contribution in [1.82, 2.24) is 9.78 Å². The number of nitrogens with zero attached hydrogens (tertiary/aromatic N) is 3. The lowest BCUT2D eigenvalue weighted by molar-refractivity contribution is 0.0564. The van der Waals surface area contributed by atoms with Crippen molar-refractivity contribution in [3.8, 4) is 22.1 Å². The molecule has 216 valence electrons. The molecule has 1 aromatic heterocycles. The minimum atomic E-state index is -5.68. The third-order valence-electron chi connectivity index (χ3n) is 6.05. The van der Waals surface area contributed by atoms with Crippen LogP contribution in [-0.2, 0) is 16.8 Å². The molecular formula is C29H22Cl2F2N3O4PS. The van der Waals surface area contributed by atoms with Gasteiger partial charge in [0.2, 0.25) is 4.80 Å². The minimum absolute atomic E-state index is 0.137. The SMILES string of the molecule is Cc1cccc(Oc2cccc(-c3nn(Cc4ccc(C(F)(F)P(=O)(O)O)cc4)c(=Nc4ccc(Cl)c(Cl)c4)s3)c2)c1. The zero-order valence-corrected chi connectivity index (χ0v) is 25.0.